The minimum absolute atomic E-state index is 0.00748. The summed E-state index contributed by atoms with van der Waals surface area (Å²) < 4.78 is 0. The number of nitrogens with one attached hydrogen (secondary N) is 2. The van der Waals surface area contributed by atoms with E-state index in [0.717, 1.165) is 12.2 Å². The molecule has 0 radical (unpaired) electrons. The lowest BCUT2D eigenvalue weighted by Gasteiger charge is -2.30. The van der Waals surface area contributed by atoms with Crippen molar-refractivity contribution >= 4 is 6.03 Å². The van der Waals surface area contributed by atoms with Crippen molar-refractivity contribution in [3.8, 4) is 0 Å². The van der Waals surface area contributed by atoms with Crippen molar-refractivity contribution in [3.05, 3.63) is 54.1 Å². The van der Waals surface area contributed by atoms with Gasteiger partial charge in [0.25, 0.3) is 0 Å². The number of nitrogens with zero attached hydrogens (tertiary/aromatic N) is 2. The number of urea groups is 1. The Kier molecular flexibility index (Phi) is 5.42. The molecule has 0 spiro atoms. The summed E-state index contributed by atoms with van der Waals surface area (Å²) in [5.41, 5.74) is 1.29. The van der Waals surface area contributed by atoms with Gasteiger partial charge in [0.15, 0.2) is 0 Å². The Morgan fingerprint density at radius 2 is 2.04 bits per heavy atom. The maximum atomic E-state index is 12.3. The van der Waals surface area contributed by atoms with Gasteiger partial charge in [0.2, 0.25) is 0 Å². The van der Waals surface area contributed by atoms with Crippen LogP contribution in [0.3, 0.4) is 0 Å². The summed E-state index contributed by atoms with van der Waals surface area (Å²) in [5, 5.41) is 3.06. The number of aromatic nitrogens is 2. The third-order valence-electron chi connectivity index (χ3n) is 4.03. The van der Waals surface area contributed by atoms with Crippen LogP contribution in [0.4, 0.5) is 4.79 Å². The number of amides is 2. The van der Waals surface area contributed by atoms with E-state index in [2.05, 4.69) is 53.4 Å². The number of hydrogen-bond donors (Lipinski definition) is 2. The average Bonchev–Trinajstić information content (AvgIpc) is 3.00. The Labute approximate surface area is 138 Å². The zero-order valence-electron chi connectivity index (χ0n) is 14.3. The van der Waals surface area contributed by atoms with E-state index in [4.69, 9.17) is 0 Å². The van der Waals surface area contributed by atoms with E-state index in [-0.39, 0.29) is 17.5 Å². The lowest BCUT2D eigenvalue weighted by Crippen LogP contribution is -2.43. The van der Waals surface area contributed by atoms with E-state index in [1.54, 1.807) is 24.3 Å². The van der Waals surface area contributed by atoms with Crippen molar-refractivity contribution in [1.29, 1.82) is 0 Å². The zero-order chi connectivity index (χ0) is 16.9. The van der Waals surface area contributed by atoms with Gasteiger partial charge in [-0.05, 0) is 24.3 Å². The van der Waals surface area contributed by atoms with E-state index in [0.29, 0.717) is 6.54 Å². The Morgan fingerprint density at radius 3 is 2.65 bits per heavy atom. The van der Waals surface area contributed by atoms with Crippen molar-refractivity contribution in [2.45, 2.75) is 45.2 Å². The monoisotopic (exact) mass is 314 g/mol. The van der Waals surface area contributed by atoms with Gasteiger partial charge in [-0.1, -0.05) is 44.2 Å². The summed E-state index contributed by atoms with van der Waals surface area (Å²) in [4.78, 5) is 21.0. The molecular weight excluding hydrogens is 288 g/mol. The number of imidazole rings is 1. The molecule has 23 heavy (non-hydrogen) atoms. The van der Waals surface area contributed by atoms with Crippen LogP contribution in [0.1, 0.15) is 38.6 Å². The van der Waals surface area contributed by atoms with Crippen molar-refractivity contribution in [2.75, 3.05) is 7.05 Å². The van der Waals surface area contributed by atoms with Gasteiger partial charge in [-0.25, -0.2) is 9.78 Å². The summed E-state index contributed by atoms with van der Waals surface area (Å²) in [5.74, 6) is 0.778. The highest BCUT2D eigenvalue weighted by molar-refractivity contribution is 5.74. The maximum absolute atomic E-state index is 12.3. The fraction of sp³-hybridized carbons (Fsp3) is 0.444. The Morgan fingerprint density at radius 1 is 1.35 bits per heavy atom. The predicted molar refractivity (Wildman–Crippen MR) is 92.1 cm³/mol. The molecule has 1 aromatic carbocycles. The molecule has 2 amide bonds. The van der Waals surface area contributed by atoms with Crippen LogP contribution in [0.2, 0.25) is 0 Å². The molecule has 0 saturated heterocycles. The molecule has 5 nitrogen and oxygen atoms in total. The van der Waals surface area contributed by atoms with Gasteiger partial charge in [-0.15, -0.1) is 0 Å². The van der Waals surface area contributed by atoms with Gasteiger partial charge in [0, 0.05) is 25.5 Å². The maximum Gasteiger partial charge on any atom is 0.317 e. The molecular formula is C18H26N4O. The van der Waals surface area contributed by atoms with Gasteiger partial charge in [0.1, 0.15) is 5.82 Å². The number of carbonyl (C=O) groups is 1. The summed E-state index contributed by atoms with van der Waals surface area (Å²) >= 11 is 0. The fourth-order valence-electron chi connectivity index (χ4n) is 2.83. The quantitative estimate of drug-likeness (QED) is 0.859. The Hall–Kier alpha value is -2.30. The van der Waals surface area contributed by atoms with Gasteiger partial charge in [-0.3, -0.25) is 0 Å². The van der Waals surface area contributed by atoms with Crippen molar-refractivity contribution in [1.82, 2.24) is 20.2 Å². The molecule has 1 atom stereocenters. The average molecular weight is 314 g/mol. The van der Waals surface area contributed by atoms with E-state index in [1.165, 1.54) is 5.56 Å². The number of rotatable bonds is 6. The molecule has 1 heterocycles. The van der Waals surface area contributed by atoms with Crippen LogP contribution in [0, 0.1) is 0 Å². The lowest BCUT2D eigenvalue weighted by molar-refractivity contribution is 0.200. The first-order valence-electron chi connectivity index (χ1n) is 7.94. The summed E-state index contributed by atoms with van der Waals surface area (Å²) in [6.07, 6.45) is 4.31. The van der Waals surface area contributed by atoms with E-state index in [9.17, 15) is 4.79 Å². The minimum Gasteiger partial charge on any atom is -0.347 e. The van der Waals surface area contributed by atoms with Crippen LogP contribution in [0.25, 0.3) is 0 Å². The largest absolute Gasteiger partial charge is 0.347 e. The third-order valence-corrected chi connectivity index (χ3v) is 4.03. The number of hydrogen-bond acceptors (Lipinski definition) is 2. The number of aromatic amines is 1. The molecule has 0 aliphatic carbocycles. The summed E-state index contributed by atoms with van der Waals surface area (Å²) in [6.45, 7) is 6.92. The standard InChI is InChI=1S/C18H26N4O/c1-14(12-18(2,3)15-8-6-5-7-9-15)21-17(23)22(4)13-16-19-10-11-20-16/h5-11,14H,12-13H2,1-4H3,(H,19,20)(H,21,23)/t14-/m1/s1. The molecule has 5 heteroatoms. The first kappa shape index (κ1) is 17.1. The molecule has 0 unspecified atom stereocenters. The molecule has 2 N–H and O–H groups in total. The van der Waals surface area contributed by atoms with Crippen LogP contribution in [-0.4, -0.2) is 34.0 Å². The minimum atomic E-state index is -0.0854. The summed E-state index contributed by atoms with van der Waals surface area (Å²) in [7, 11) is 1.77. The first-order chi connectivity index (χ1) is 10.9. The molecule has 124 valence electrons. The highest BCUT2D eigenvalue weighted by Crippen LogP contribution is 2.28. The molecule has 0 aliphatic heterocycles. The van der Waals surface area contributed by atoms with Crippen LogP contribution in [-0.2, 0) is 12.0 Å². The SMILES string of the molecule is C[C@H](CC(C)(C)c1ccccc1)NC(=O)N(C)Cc1ncc[nH]1. The van der Waals surface area contributed by atoms with Gasteiger partial charge in [-0.2, -0.15) is 0 Å². The molecule has 1 aromatic heterocycles. The molecule has 0 bridgehead atoms. The van der Waals surface area contributed by atoms with Crippen LogP contribution >= 0.6 is 0 Å². The highest BCUT2D eigenvalue weighted by atomic mass is 16.2. The van der Waals surface area contributed by atoms with Crippen LogP contribution < -0.4 is 5.32 Å². The number of benzene rings is 1. The molecule has 0 saturated carbocycles. The second kappa shape index (κ2) is 7.31. The second-order valence-electron chi connectivity index (χ2n) is 6.70. The smallest absolute Gasteiger partial charge is 0.317 e. The summed E-state index contributed by atoms with van der Waals surface area (Å²) in [6, 6.07) is 10.4. The lowest BCUT2D eigenvalue weighted by atomic mass is 9.79. The normalized spacial score (nSPS) is 12.7. The Balaban J connectivity index is 1.88. The van der Waals surface area contributed by atoms with Crippen LogP contribution in [0.15, 0.2) is 42.7 Å². The molecule has 0 aliphatic rings. The Bertz CT molecular complexity index is 607. The van der Waals surface area contributed by atoms with E-state index < -0.39 is 0 Å². The van der Waals surface area contributed by atoms with Crippen LogP contribution in [0.5, 0.6) is 0 Å². The molecule has 2 rings (SSSR count). The topological polar surface area (TPSA) is 61.0 Å². The third kappa shape index (κ3) is 4.84. The zero-order valence-corrected chi connectivity index (χ0v) is 14.3. The van der Waals surface area contributed by atoms with E-state index >= 15 is 0 Å². The van der Waals surface area contributed by atoms with Crippen molar-refractivity contribution in [2.24, 2.45) is 0 Å². The first-order valence-corrected chi connectivity index (χ1v) is 7.94. The number of carbonyl (C=O) groups excluding carboxylic acids is 1. The number of H-pyrrole nitrogens is 1. The van der Waals surface area contributed by atoms with Crippen molar-refractivity contribution in [3.63, 3.8) is 0 Å². The van der Waals surface area contributed by atoms with Crippen molar-refractivity contribution < 1.29 is 4.79 Å². The highest BCUT2D eigenvalue weighted by Gasteiger charge is 2.24. The molecule has 2 aromatic rings. The molecule has 0 fully saturated rings. The van der Waals surface area contributed by atoms with E-state index in [1.807, 2.05) is 13.0 Å². The fourth-order valence-corrected chi connectivity index (χ4v) is 2.83. The second-order valence-corrected chi connectivity index (χ2v) is 6.70. The van der Waals surface area contributed by atoms with Gasteiger partial charge >= 0.3 is 6.03 Å². The predicted octanol–water partition coefficient (Wildman–Crippen LogP) is 3.31. The van der Waals surface area contributed by atoms with Gasteiger partial charge in [0.05, 0.1) is 6.54 Å². The van der Waals surface area contributed by atoms with Gasteiger partial charge < -0.3 is 15.2 Å².